The molecule has 0 bridgehead atoms. The summed E-state index contributed by atoms with van der Waals surface area (Å²) in [5, 5.41) is 6.04. The van der Waals surface area contributed by atoms with Crippen LogP contribution in [0.1, 0.15) is 21.6 Å². The Morgan fingerprint density at radius 2 is 1.79 bits per heavy atom. The Morgan fingerprint density at radius 1 is 1.00 bits per heavy atom. The van der Waals surface area contributed by atoms with Crippen molar-refractivity contribution >= 4 is 23.2 Å². The van der Waals surface area contributed by atoms with Crippen molar-refractivity contribution in [1.82, 2.24) is 15.7 Å². The summed E-state index contributed by atoms with van der Waals surface area (Å²) in [4.78, 5) is 28.8. The van der Waals surface area contributed by atoms with Crippen molar-refractivity contribution in [2.75, 3.05) is 10.7 Å². The molecule has 2 amide bonds. The summed E-state index contributed by atoms with van der Waals surface area (Å²) in [6.45, 7) is 0.368. The fraction of sp³-hybridized carbons (Fsp3) is 0.136. The molecule has 2 aromatic carbocycles. The summed E-state index contributed by atoms with van der Waals surface area (Å²) in [5.41, 5.74) is 9.75. The zero-order valence-electron chi connectivity index (χ0n) is 15.7. The lowest BCUT2D eigenvalue weighted by Gasteiger charge is -2.14. The molecule has 3 aromatic rings. The molecule has 1 unspecified atom stereocenters. The molecule has 29 heavy (non-hydrogen) atoms. The number of nitrogens with one attached hydrogen (secondary N) is 4. The van der Waals surface area contributed by atoms with Crippen LogP contribution >= 0.6 is 0 Å². The van der Waals surface area contributed by atoms with Crippen LogP contribution in [-0.4, -0.2) is 22.8 Å². The monoisotopic (exact) mass is 387 g/mol. The fourth-order valence-electron chi connectivity index (χ4n) is 3.16. The van der Waals surface area contributed by atoms with Gasteiger partial charge in [0.25, 0.3) is 11.8 Å². The van der Waals surface area contributed by atoms with Crippen molar-refractivity contribution in [1.29, 1.82) is 0 Å². The minimum absolute atomic E-state index is 0.140. The molecule has 1 aliphatic heterocycles. The highest BCUT2D eigenvalue weighted by Gasteiger charge is 2.26. The van der Waals surface area contributed by atoms with Crippen molar-refractivity contribution in [2.24, 2.45) is 0 Å². The van der Waals surface area contributed by atoms with E-state index in [2.05, 4.69) is 26.5 Å². The van der Waals surface area contributed by atoms with E-state index in [0.717, 1.165) is 16.9 Å². The van der Waals surface area contributed by atoms with Crippen molar-refractivity contribution in [3.8, 4) is 0 Å². The molecule has 7 heteroatoms. The van der Waals surface area contributed by atoms with Gasteiger partial charge in [-0.25, -0.2) is 0 Å². The van der Waals surface area contributed by atoms with Crippen LogP contribution < -0.4 is 21.5 Å². The van der Waals surface area contributed by atoms with Gasteiger partial charge in [-0.15, -0.1) is 0 Å². The van der Waals surface area contributed by atoms with E-state index >= 15 is 0 Å². The number of rotatable bonds is 6. The first-order chi connectivity index (χ1) is 14.2. The van der Waals surface area contributed by atoms with E-state index in [1.54, 1.807) is 30.5 Å². The van der Waals surface area contributed by atoms with Gasteiger partial charge < -0.3 is 10.6 Å². The molecule has 0 spiro atoms. The lowest BCUT2D eigenvalue weighted by Crippen LogP contribution is -2.41. The van der Waals surface area contributed by atoms with E-state index in [-0.39, 0.29) is 17.9 Å². The molecule has 2 heterocycles. The quantitative estimate of drug-likeness (QED) is 0.488. The average molecular weight is 387 g/mol. The van der Waals surface area contributed by atoms with Gasteiger partial charge in [-0.1, -0.05) is 24.3 Å². The molecule has 1 aromatic heterocycles. The second-order valence-corrected chi connectivity index (χ2v) is 6.75. The summed E-state index contributed by atoms with van der Waals surface area (Å²) in [6, 6.07) is 20.0. The summed E-state index contributed by atoms with van der Waals surface area (Å²) in [5.74, 6) is -0.322. The first-order valence-electron chi connectivity index (χ1n) is 9.37. The highest BCUT2D eigenvalue weighted by molar-refractivity contribution is 5.94. The number of anilines is 2. The molecule has 0 fully saturated rings. The van der Waals surface area contributed by atoms with E-state index in [0.29, 0.717) is 24.2 Å². The normalized spacial score (nSPS) is 14.4. The van der Waals surface area contributed by atoms with Crippen molar-refractivity contribution < 1.29 is 9.59 Å². The number of aromatic nitrogens is 1. The van der Waals surface area contributed by atoms with Crippen molar-refractivity contribution in [3.05, 3.63) is 89.7 Å². The smallest absolute Gasteiger partial charge is 0.261 e. The molecular formula is C22H21N5O2. The maximum absolute atomic E-state index is 12.4. The lowest BCUT2D eigenvalue weighted by atomic mass is 10.1. The van der Waals surface area contributed by atoms with Gasteiger partial charge in [0.1, 0.15) is 6.04 Å². The Hall–Kier alpha value is -3.87. The lowest BCUT2D eigenvalue weighted by molar-refractivity contribution is -0.121. The SMILES string of the molecule is O=C(NCc1ccccn1)c1ccc(NNC(=O)C2Cc3ccccc3N2)cc1. The highest BCUT2D eigenvalue weighted by Crippen LogP contribution is 2.25. The van der Waals surface area contributed by atoms with Crippen molar-refractivity contribution in [3.63, 3.8) is 0 Å². The van der Waals surface area contributed by atoms with E-state index in [4.69, 9.17) is 0 Å². The number of hydrogen-bond acceptors (Lipinski definition) is 5. The number of hydrazine groups is 1. The third-order valence-electron chi connectivity index (χ3n) is 4.72. The van der Waals surface area contributed by atoms with Crippen LogP contribution in [0.2, 0.25) is 0 Å². The third kappa shape index (κ3) is 4.52. The van der Waals surface area contributed by atoms with E-state index < -0.39 is 0 Å². The molecule has 4 N–H and O–H groups in total. The zero-order valence-corrected chi connectivity index (χ0v) is 15.7. The molecule has 0 aliphatic carbocycles. The Balaban J connectivity index is 1.26. The van der Waals surface area contributed by atoms with Gasteiger partial charge >= 0.3 is 0 Å². The molecule has 1 atom stereocenters. The van der Waals surface area contributed by atoms with Crippen molar-refractivity contribution in [2.45, 2.75) is 19.0 Å². The third-order valence-corrected chi connectivity index (χ3v) is 4.72. The standard InChI is InChI=1S/C22H21N5O2/c28-21(24-14-18-6-3-4-12-23-18)15-8-10-17(11-9-15)26-27-22(29)20-13-16-5-1-2-7-19(16)25-20/h1-12,20,25-26H,13-14H2,(H,24,28)(H,27,29). The summed E-state index contributed by atoms with van der Waals surface area (Å²) < 4.78 is 0. The second-order valence-electron chi connectivity index (χ2n) is 6.75. The highest BCUT2D eigenvalue weighted by atomic mass is 16.2. The maximum atomic E-state index is 12.4. The predicted octanol–water partition coefficient (Wildman–Crippen LogP) is 2.49. The number of pyridine rings is 1. The van der Waals surface area contributed by atoms with Crippen LogP contribution in [0.5, 0.6) is 0 Å². The van der Waals surface area contributed by atoms with Gasteiger partial charge in [-0.3, -0.25) is 25.4 Å². The Bertz CT molecular complexity index is 980. The molecule has 1 aliphatic rings. The Kier molecular flexibility index (Phi) is 5.38. The summed E-state index contributed by atoms with van der Waals surface area (Å²) >= 11 is 0. The number of para-hydroxylation sites is 1. The first-order valence-corrected chi connectivity index (χ1v) is 9.37. The fourth-order valence-corrected chi connectivity index (χ4v) is 3.16. The van der Waals surface area contributed by atoms with E-state index in [1.165, 1.54) is 0 Å². The van der Waals surface area contributed by atoms with Crippen LogP contribution in [0.4, 0.5) is 11.4 Å². The number of amides is 2. The van der Waals surface area contributed by atoms with Crippen LogP contribution in [0.3, 0.4) is 0 Å². The second kappa shape index (κ2) is 8.43. The predicted molar refractivity (Wildman–Crippen MR) is 111 cm³/mol. The molecule has 146 valence electrons. The van der Waals surface area contributed by atoms with Crippen LogP contribution in [0.25, 0.3) is 0 Å². The van der Waals surface area contributed by atoms with Gasteiger partial charge in [0.2, 0.25) is 0 Å². The molecule has 0 saturated carbocycles. The summed E-state index contributed by atoms with van der Waals surface area (Å²) in [6.07, 6.45) is 2.34. The van der Waals surface area contributed by atoms with Gasteiger partial charge in [-0.05, 0) is 48.0 Å². The van der Waals surface area contributed by atoms with Crippen LogP contribution in [0, 0.1) is 0 Å². The van der Waals surface area contributed by atoms with Crippen LogP contribution in [-0.2, 0) is 17.8 Å². The molecule has 0 saturated heterocycles. The minimum Gasteiger partial charge on any atom is -0.373 e. The van der Waals surface area contributed by atoms with Crippen LogP contribution in [0.15, 0.2) is 72.9 Å². The van der Waals surface area contributed by atoms with E-state index in [9.17, 15) is 9.59 Å². The first kappa shape index (κ1) is 18.5. The summed E-state index contributed by atoms with van der Waals surface area (Å²) in [7, 11) is 0. The average Bonchev–Trinajstić information content (AvgIpc) is 3.21. The minimum atomic E-state index is -0.309. The topological polar surface area (TPSA) is 95.2 Å². The Morgan fingerprint density at radius 3 is 2.55 bits per heavy atom. The van der Waals surface area contributed by atoms with Gasteiger partial charge in [0, 0.05) is 23.9 Å². The Labute approximate surface area is 168 Å². The maximum Gasteiger partial charge on any atom is 0.261 e. The number of carbonyl (C=O) groups excluding carboxylic acids is 2. The number of fused-ring (bicyclic) bond motifs is 1. The number of carbonyl (C=O) groups is 2. The molecule has 4 rings (SSSR count). The molecule has 7 nitrogen and oxygen atoms in total. The van der Waals surface area contributed by atoms with Gasteiger partial charge in [0.05, 0.1) is 17.9 Å². The van der Waals surface area contributed by atoms with Gasteiger partial charge in [-0.2, -0.15) is 0 Å². The van der Waals surface area contributed by atoms with Gasteiger partial charge in [0.15, 0.2) is 0 Å². The van der Waals surface area contributed by atoms with E-state index in [1.807, 2.05) is 42.5 Å². The molecule has 0 radical (unpaired) electrons. The zero-order chi connectivity index (χ0) is 20.1. The largest absolute Gasteiger partial charge is 0.373 e. The number of nitrogens with zero attached hydrogens (tertiary/aromatic N) is 1. The number of hydrogen-bond donors (Lipinski definition) is 4. The molecular weight excluding hydrogens is 366 g/mol. The number of benzene rings is 2.